The molecule has 0 aromatic heterocycles. The quantitative estimate of drug-likeness (QED) is 0.397. The van der Waals surface area contributed by atoms with Gasteiger partial charge in [0.05, 0.1) is 0 Å². The molecule has 1 radical (unpaired) electrons. The monoisotopic (exact) mass is 129 g/mol. The summed E-state index contributed by atoms with van der Waals surface area (Å²) in [5.74, 6) is 0. The Bertz CT molecular complexity index is 30.9. The topological polar surface area (TPSA) is 40.5 Å². The van der Waals surface area contributed by atoms with E-state index in [9.17, 15) is 0 Å². The normalized spacial score (nSPS) is 8.57. The van der Waals surface area contributed by atoms with Crippen LogP contribution in [0.15, 0.2) is 0 Å². The van der Waals surface area contributed by atoms with Crippen molar-refractivity contribution in [2.45, 2.75) is 26.1 Å². The first-order valence-corrected chi connectivity index (χ1v) is 2.13. The van der Waals surface area contributed by atoms with Crippen LogP contribution in [0.25, 0.3) is 0 Å². The molecule has 0 atom stereocenters. The van der Waals surface area contributed by atoms with E-state index in [1.54, 1.807) is 0 Å². The van der Waals surface area contributed by atoms with E-state index in [1.807, 2.05) is 6.92 Å². The van der Waals surface area contributed by atoms with Crippen molar-refractivity contribution in [3.63, 3.8) is 0 Å². The maximum atomic E-state index is 8.11. The van der Waals surface area contributed by atoms with Crippen LogP contribution in [-0.4, -0.2) is 67.9 Å². The maximum absolute atomic E-state index is 8.11. The van der Waals surface area contributed by atoms with Crippen LogP contribution in [0.2, 0.25) is 0 Å². The first-order valence-electron chi connectivity index (χ1n) is 2.13. The molecule has 2 nitrogen and oxygen atoms in total. The number of aliphatic hydroxyl groups excluding tert-OH is 1. The van der Waals surface area contributed by atoms with Crippen LogP contribution in [-0.2, 0) is 0 Å². The Balaban J connectivity index is 0. The minimum absolute atomic E-state index is 0. The molecule has 0 saturated carbocycles. The molecule has 0 aromatic rings. The first-order chi connectivity index (χ1) is 2.77. The Morgan fingerprint density at radius 2 is 1.86 bits per heavy atom. The third-order valence-electron chi connectivity index (χ3n) is 0.547. The summed E-state index contributed by atoms with van der Waals surface area (Å²) in [6, 6.07) is 0. The summed E-state index contributed by atoms with van der Waals surface area (Å²) in [4.78, 5) is 0. The van der Waals surface area contributed by atoms with Crippen LogP contribution in [0.3, 0.4) is 0 Å². The zero-order valence-electron chi connectivity index (χ0n) is 4.89. The second kappa shape index (κ2) is 7.56. The average molecular weight is 129 g/mol. The van der Waals surface area contributed by atoms with Gasteiger partial charge < -0.3 is 10.2 Å². The molecule has 2 N–H and O–H groups in total. The van der Waals surface area contributed by atoms with Gasteiger partial charge in [-0.1, -0.05) is 13.3 Å². The van der Waals surface area contributed by atoms with Crippen molar-refractivity contribution in [2.24, 2.45) is 0 Å². The molecule has 0 unspecified atom stereocenters. The van der Waals surface area contributed by atoms with Crippen LogP contribution in [0, 0.1) is 0 Å². The predicted octanol–water partition coefficient (Wildman–Crippen LogP) is -0.284. The van der Waals surface area contributed by atoms with E-state index in [1.165, 1.54) is 0 Å². The van der Waals surface area contributed by atoms with Gasteiger partial charge in [-0.15, -0.1) is 0 Å². The first kappa shape index (κ1) is 11.4. The van der Waals surface area contributed by atoms with Crippen LogP contribution in [0.4, 0.5) is 0 Å². The third-order valence-corrected chi connectivity index (χ3v) is 0.547. The third kappa shape index (κ3) is 11.2. The van der Waals surface area contributed by atoms with E-state index in [2.05, 4.69) is 0 Å². The Morgan fingerprint density at radius 3 is 1.86 bits per heavy atom. The molecule has 39 valence electrons. The van der Waals surface area contributed by atoms with Gasteiger partial charge in [0.25, 0.3) is 0 Å². The summed E-state index contributed by atoms with van der Waals surface area (Å²) in [5, 5.41) is 16.2. The van der Waals surface area contributed by atoms with E-state index in [-0.39, 0.29) is 51.4 Å². The summed E-state index contributed by atoms with van der Waals surface area (Å²) in [5.41, 5.74) is 0. The van der Waals surface area contributed by atoms with Gasteiger partial charge in [0, 0.05) is 51.4 Å². The molecule has 0 rings (SSSR count). The minimum Gasteiger partial charge on any atom is -0.368 e. The van der Waals surface area contributed by atoms with Crippen molar-refractivity contribution in [1.82, 2.24) is 0 Å². The van der Waals surface area contributed by atoms with Crippen LogP contribution in [0.1, 0.15) is 19.8 Å². The molecule has 3 heteroatoms. The SMILES string of the molecule is CCCC(O)O.[K]. The van der Waals surface area contributed by atoms with Crippen molar-refractivity contribution in [3.05, 3.63) is 0 Å². The molecular formula is C4H10KO2. The molecule has 0 aliphatic carbocycles. The number of rotatable bonds is 2. The van der Waals surface area contributed by atoms with Crippen molar-refractivity contribution >= 4 is 51.4 Å². The van der Waals surface area contributed by atoms with E-state index in [0.717, 1.165) is 6.42 Å². The summed E-state index contributed by atoms with van der Waals surface area (Å²) in [7, 11) is 0. The van der Waals surface area contributed by atoms with E-state index < -0.39 is 6.29 Å². The zero-order valence-corrected chi connectivity index (χ0v) is 8.01. The van der Waals surface area contributed by atoms with E-state index >= 15 is 0 Å². The van der Waals surface area contributed by atoms with Crippen molar-refractivity contribution in [3.8, 4) is 0 Å². The summed E-state index contributed by atoms with van der Waals surface area (Å²) < 4.78 is 0. The zero-order chi connectivity index (χ0) is 4.99. The summed E-state index contributed by atoms with van der Waals surface area (Å²) in [6.07, 6.45) is 0.215. The molecule has 0 amide bonds. The molecule has 7 heavy (non-hydrogen) atoms. The molecule has 0 aromatic carbocycles. The van der Waals surface area contributed by atoms with Gasteiger partial charge in [-0.05, 0) is 6.42 Å². The van der Waals surface area contributed by atoms with Crippen molar-refractivity contribution < 1.29 is 10.2 Å². The number of hydrogen-bond donors (Lipinski definition) is 2. The van der Waals surface area contributed by atoms with Gasteiger partial charge in [0.15, 0.2) is 6.29 Å². The predicted molar refractivity (Wildman–Crippen MR) is 28.9 cm³/mol. The smallest absolute Gasteiger partial charge is 0.151 e. The molecular weight excluding hydrogens is 119 g/mol. The van der Waals surface area contributed by atoms with Crippen LogP contribution >= 0.6 is 0 Å². The summed E-state index contributed by atoms with van der Waals surface area (Å²) >= 11 is 0. The molecule has 0 heterocycles. The fraction of sp³-hybridized carbons (Fsp3) is 1.00. The molecule has 0 aliphatic heterocycles. The molecule has 0 bridgehead atoms. The van der Waals surface area contributed by atoms with Gasteiger partial charge >= 0.3 is 0 Å². The Morgan fingerprint density at radius 1 is 1.43 bits per heavy atom. The fourth-order valence-corrected chi connectivity index (χ4v) is 0.258. The van der Waals surface area contributed by atoms with Crippen LogP contribution < -0.4 is 0 Å². The maximum Gasteiger partial charge on any atom is 0.151 e. The molecule has 0 spiro atoms. The van der Waals surface area contributed by atoms with Gasteiger partial charge in [0.1, 0.15) is 0 Å². The Hall–Kier alpha value is 1.56. The number of hydrogen-bond acceptors (Lipinski definition) is 2. The second-order valence-electron chi connectivity index (χ2n) is 1.27. The Kier molecular flexibility index (Phi) is 12.3. The van der Waals surface area contributed by atoms with Gasteiger partial charge in [-0.25, -0.2) is 0 Å². The van der Waals surface area contributed by atoms with E-state index in [4.69, 9.17) is 10.2 Å². The minimum atomic E-state index is -1.10. The second-order valence-corrected chi connectivity index (χ2v) is 1.27. The van der Waals surface area contributed by atoms with Crippen molar-refractivity contribution in [1.29, 1.82) is 0 Å². The van der Waals surface area contributed by atoms with Crippen molar-refractivity contribution in [2.75, 3.05) is 0 Å². The molecule has 0 fully saturated rings. The number of aliphatic hydroxyl groups is 2. The molecule has 0 aliphatic rings. The van der Waals surface area contributed by atoms with Gasteiger partial charge in [-0.2, -0.15) is 0 Å². The van der Waals surface area contributed by atoms with Gasteiger partial charge in [-0.3, -0.25) is 0 Å². The standard InChI is InChI=1S/C4H10O2.K/c1-2-3-4(5)6;/h4-6H,2-3H2,1H3;. The van der Waals surface area contributed by atoms with Crippen LogP contribution in [0.5, 0.6) is 0 Å². The van der Waals surface area contributed by atoms with E-state index in [0.29, 0.717) is 6.42 Å². The molecule has 0 saturated heterocycles. The average Bonchev–Trinajstić information content (AvgIpc) is 1.35. The fourth-order valence-electron chi connectivity index (χ4n) is 0.258. The Labute approximate surface area is 86.3 Å². The largest absolute Gasteiger partial charge is 0.368 e. The summed E-state index contributed by atoms with van der Waals surface area (Å²) in [6.45, 7) is 1.90. The van der Waals surface area contributed by atoms with Gasteiger partial charge in [0.2, 0.25) is 0 Å².